The van der Waals surface area contributed by atoms with Gasteiger partial charge in [-0.15, -0.1) is 0 Å². The van der Waals surface area contributed by atoms with Crippen molar-refractivity contribution in [1.82, 2.24) is 4.90 Å². The molecule has 33 heavy (non-hydrogen) atoms. The Balaban J connectivity index is 1.48. The Hall–Kier alpha value is -2.98. The van der Waals surface area contributed by atoms with E-state index in [0.29, 0.717) is 13.0 Å². The SMILES string of the molecule is O=C(OCCN1CCCCCC1)C1(Cc2ccc(F)cc2)c2ccccc2-c2ccccc21. The van der Waals surface area contributed by atoms with Crippen LogP contribution in [0.4, 0.5) is 4.39 Å². The van der Waals surface area contributed by atoms with Gasteiger partial charge in [0.1, 0.15) is 17.8 Å². The molecule has 0 aromatic heterocycles. The molecular formula is C29H30FNO2. The topological polar surface area (TPSA) is 29.5 Å². The number of rotatable bonds is 6. The van der Waals surface area contributed by atoms with E-state index in [9.17, 15) is 9.18 Å². The molecule has 1 fully saturated rings. The smallest absolute Gasteiger partial charge is 0.321 e. The maximum Gasteiger partial charge on any atom is 0.321 e. The van der Waals surface area contributed by atoms with E-state index < -0.39 is 5.41 Å². The van der Waals surface area contributed by atoms with E-state index in [4.69, 9.17) is 4.74 Å². The van der Waals surface area contributed by atoms with Gasteiger partial charge in [0.05, 0.1) is 0 Å². The minimum atomic E-state index is -0.941. The lowest BCUT2D eigenvalue weighted by Crippen LogP contribution is -2.40. The summed E-state index contributed by atoms with van der Waals surface area (Å²) in [5.74, 6) is -0.501. The summed E-state index contributed by atoms with van der Waals surface area (Å²) in [6.45, 7) is 3.30. The molecule has 0 saturated carbocycles. The molecule has 3 aromatic rings. The van der Waals surface area contributed by atoms with Crippen molar-refractivity contribution in [2.45, 2.75) is 37.5 Å². The quantitative estimate of drug-likeness (QED) is 0.454. The van der Waals surface area contributed by atoms with E-state index >= 15 is 0 Å². The fourth-order valence-electron chi connectivity index (χ4n) is 5.47. The molecule has 0 amide bonds. The number of hydrogen-bond donors (Lipinski definition) is 0. The molecule has 1 aliphatic carbocycles. The van der Waals surface area contributed by atoms with Crippen molar-refractivity contribution in [1.29, 1.82) is 0 Å². The zero-order valence-corrected chi connectivity index (χ0v) is 18.9. The number of likely N-dealkylation sites (tertiary alicyclic amines) is 1. The van der Waals surface area contributed by atoms with Crippen molar-refractivity contribution in [3.63, 3.8) is 0 Å². The largest absolute Gasteiger partial charge is 0.463 e. The number of benzene rings is 3. The first kappa shape index (κ1) is 21.8. The van der Waals surface area contributed by atoms with Gasteiger partial charge in [0.25, 0.3) is 0 Å². The Labute approximate surface area is 195 Å². The van der Waals surface area contributed by atoms with Crippen LogP contribution in [0.15, 0.2) is 72.8 Å². The summed E-state index contributed by atoms with van der Waals surface area (Å²) in [6.07, 6.45) is 5.42. The van der Waals surface area contributed by atoms with Crippen LogP contribution >= 0.6 is 0 Å². The summed E-state index contributed by atoms with van der Waals surface area (Å²) in [7, 11) is 0. The predicted octanol–water partition coefficient (Wildman–Crippen LogP) is 5.75. The second kappa shape index (κ2) is 9.48. The van der Waals surface area contributed by atoms with Crippen molar-refractivity contribution in [2.24, 2.45) is 0 Å². The van der Waals surface area contributed by atoms with Crippen molar-refractivity contribution < 1.29 is 13.9 Å². The lowest BCUT2D eigenvalue weighted by Gasteiger charge is -2.30. The van der Waals surface area contributed by atoms with Gasteiger partial charge in [-0.05, 0) is 72.3 Å². The van der Waals surface area contributed by atoms with Gasteiger partial charge in [-0.1, -0.05) is 73.5 Å². The van der Waals surface area contributed by atoms with Gasteiger partial charge in [0, 0.05) is 6.54 Å². The number of esters is 1. The number of fused-ring (bicyclic) bond motifs is 3. The first-order valence-electron chi connectivity index (χ1n) is 12.0. The first-order chi connectivity index (χ1) is 16.2. The number of halogens is 1. The van der Waals surface area contributed by atoms with E-state index in [1.807, 2.05) is 36.4 Å². The highest BCUT2D eigenvalue weighted by Gasteiger charge is 2.50. The van der Waals surface area contributed by atoms with Gasteiger partial charge in [-0.25, -0.2) is 4.39 Å². The van der Waals surface area contributed by atoms with Gasteiger partial charge in [-0.3, -0.25) is 9.69 Å². The highest BCUT2D eigenvalue weighted by atomic mass is 19.1. The summed E-state index contributed by atoms with van der Waals surface area (Å²) >= 11 is 0. The van der Waals surface area contributed by atoms with Crippen LogP contribution in [0.5, 0.6) is 0 Å². The molecule has 1 saturated heterocycles. The molecule has 1 aliphatic heterocycles. The van der Waals surface area contributed by atoms with E-state index in [0.717, 1.165) is 47.5 Å². The highest BCUT2D eigenvalue weighted by molar-refractivity contribution is 5.98. The van der Waals surface area contributed by atoms with Crippen molar-refractivity contribution in [3.8, 4) is 11.1 Å². The van der Waals surface area contributed by atoms with Crippen LogP contribution in [0.2, 0.25) is 0 Å². The van der Waals surface area contributed by atoms with Crippen LogP contribution in [0, 0.1) is 5.82 Å². The number of ether oxygens (including phenoxy) is 1. The van der Waals surface area contributed by atoms with Crippen LogP contribution in [0.1, 0.15) is 42.4 Å². The molecule has 4 heteroatoms. The molecule has 0 unspecified atom stereocenters. The molecule has 3 nitrogen and oxygen atoms in total. The van der Waals surface area contributed by atoms with Gasteiger partial charge >= 0.3 is 5.97 Å². The Kier molecular flexibility index (Phi) is 6.28. The summed E-state index contributed by atoms with van der Waals surface area (Å²) in [5, 5.41) is 0. The second-order valence-electron chi connectivity index (χ2n) is 9.19. The van der Waals surface area contributed by atoms with E-state index in [-0.39, 0.29) is 11.8 Å². The van der Waals surface area contributed by atoms with Crippen molar-refractivity contribution >= 4 is 5.97 Å². The molecule has 0 spiro atoms. The number of hydrogen-bond acceptors (Lipinski definition) is 3. The number of carbonyl (C=O) groups is 1. The summed E-state index contributed by atoms with van der Waals surface area (Å²) in [5.41, 5.74) is 4.04. The maximum atomic E-state index is 14.0. The Bertz CT molecular complexity index is 1070. The lowest BCUT2D eigenvalue weighted by molar-refractivity contribution is -0.149. The normalized spacial score (nSPS) is 17.1. The van der Waals surface area contributed by atoms with Crippen molar-refractivity contribution in [3.05, 3.63) is 95.3 Å². The van der Waals surface area contributed by atoms with Gasteiger partial charge < -0.3 is 4.74 Å². The maximum absolute atomic E-state index is 14.0. The molecule has 0 bridgehead atoms. The molecule has 170 valence electrons. The Morgan fingerprint density at radius 1 is 0.818 bits per heavy atom. The van der Waals surface area contributed by atoms with Crippen molar-refractivity contribution in [2.75, 3.05) is 26.2 Å². The minimum absolute atomic E-state index is 0.223. The third-order valence-corrected chi connectivity index (χ3v) is 7.13. The molecule has 0 atom stereocenters. The predicted molar refractivity (Wildman–Crippen MR) is 129 cm³/mol. The second-order valence-corrected chi connectivity index (χ2v) is 9.19. The average molecular weight is 444 g/mol. The van der Waals surface area contributed by atoms with Crippen LogP contribution in [0.25, 0.3) is 11.1 Å². The van der Waals surface area contributed by atoms with E-state index in [1.54, 1.807) is 12.1 Å². The summed E-state index contributed by atoms with van der Waals surface area (Å²) < 4.78 is 19.6. The molecular weight excluding hydrogens is 413 g/mol. The lowest BCUT2D eigenvalue weighted by atomic mass is 9.73. The third-order valence-electron chi connectivity index (χ3n) is 7.13. The van der Waals surface area contributed by atoms with Crippen LogP contribution in [-0.2, 0) is 21.4 Å². The molecule has 1 heterocycles. The Morgan fingerprint density at radius 2 is 1.39 bits per heavy atom. The summed E-state index contributed by atoms with van der Waals surface area (Å²) in [6, 6.07) is 22.7. The average Bonchev–Trinajstić information content (AvgIpc) is 2.97. The van der Waals surface area contributed by atoms with E-state index in [2.05, 4.69) is 17.0 Å². The van der Waals surface area contributed by atoms with Gasteiger partial charge in [-0.2, -0.15) is 0 Å². The third kappa shape index (κ3) is 4.20. The van der Waals surface area contributed by atoms with Crippen LogP contribution in [-0.4, -0.2) is 37.1 Å². The highest BCUT2D eigenvalue weighted by Crippen LogP contribution is 2.51. The molecule has 0 N–H and O–H groups in total. The standard InChI is InChI=1S/C29H30FNO2/c30-23-15-13-22(14-16-23)21-29(28(32)33-20-19-31-17-7-1-2-8-18-31)26-11-5-3-9-24(26)25-10-4-6-12-27(25)29/h3-6,9-16H,1-2,7-8,17-21H2. The molecule has 0 radical (unpaired) electrons. The number of carbonyl (C=O) groups excluding carboxylic acids is 1. The molecule has 3 aromatic carbocycles. The van der Waals surface area contributed by atoms with E-state index in [1.165, 1.54) is 37.8 Å². The summed E-state index contributed by atoms with van der Waals surface area (Å²) in [4.78, 5) is 16.4. The fourth-order valence-corrected chi connectivity index (χ4v) is 5.47. The molecule has 2 aliphatic rings. The number of nitrogens with zero attached hydrogens (tertiary/aromatic N) is 1. The molecule has 5 rings (SSSR count). The Morgan fingerprint density at radius 3 is 2.00 bits per heavy atom. The fraction of sp³-hybridized carbons (Fsp3) is 0.345. The van der Waals surface area contributed by atoms with Gasteiger partial charge in [0.15, 0.2) is 0 Å². The van der Waals surface area contributed by atoms with Gasteiger partial charge in [0.2, 0.25) is 0 Å². The van der Waals surface area contributed by atoms with Crippen LogP contribution < -0.4 is 0 Å². The first-order valence-corrected chi connectivity index (χ1v) is 12.0. The zero-order valence-electron chi connectivity index (χ0n) is 18.9. The minimum Gasteiger partial charge on any atom is -0.463 e. The zero-order chi connectivity index (χ0) is 22.7. The van der Waals surface area contributed by atoms with Crippen LogP contribution in [0.3, 0.4) is 0 Å². The monoisotopic (exact) mass is 443 g/mol.